The first-order chi connectivity index (χ1) is 28.2. The van der Waals surface area contributed by atoms with E-state index in [1.54, 1.807) is 0 Å². The second kappa shape index (κ2) is 13.6. The Bertz CT molecular complexity index is 3180. The molecule has 11 aromatic rings. The smallest absolute Gasteiger partial charge is 0.160 e. The van der Waals surface area contributed by atoms with E-state index in [-0.39, 0.29) is 0 Å². The fourth-order valence-corrected chi connectivity index (χ4v) is 8.06. The molecule has 3 heterocycles. The van der Waals surface area contributed by atoms with Crippen LogP contribution in [0.2, 0.25) is 0 Å². The van der Waals surface area contributed by atoms with Crippen LogP contribution in [-0.2, 0) is 0 Å². The maximum atomic E-state index is 6.56. The van der Waals surface area contributed by atoms with Crippen molar-refractivity contribution in [2.45, 2.75) is 0 Å². The summed E-state index contributed by atoms with van der Waals surface area (Å²) >= 11 is 0. The van der Waals surface area contributed by atoms with Crippen LogP contribution < -0.4 is 0 Å². The van der Waals surface area contributed by atoms with Crippen LogP contribution in [0.5, 0.6) is 0 Å². The summed E-state index contributed by atoms with van der Waals surface area (Å²) in [5.74, 6) is 0.673. The van der Waals surface area contributed by atoms with Crippen molar-refractivity contribution in [3.05, 3.63) is 200 Å². The number of rotatable bonds is 6. The number of hydrogen-bond donors (Lipinski definition) is 0. The number of benzene rings is 8. The highest BCUT2D eigenvalue weighted by molar-refractivity contribution is 6.24. The molecule has 0 aliphatic heterocycles. The molecule has 266 valence electrons. The molecule has 0 aliphatic carbocycles. The van der Waals surface area contributed by atoms with Gasteiger partial charge < -0.3 is 4.42 Å². The lowest BCUT2D eigenvalue weighted by molar-refractivity contribution is 0.673. The molecule has 4 heteroatoms. The predicted octanol–water partition coefficient (Wildman–Crippen LogP) is 14.1. The highest BCUT2D eigenvalue weighted by Crippen LogP contribution is 2.41. The molecule has 0 aliphatic rings. The summed E-state index contributed by atoms with van der Waals surface area (Å²) in [5, 5.41) is 5.43. The Labute approximate surface area is 329 Å². The first-order valence-corrected chi connectivity index (χ1v) is 19.2. The molecule has 8 aromatic carbocycles. The first kappa shape index (κ1) is 32.7. The monoisotopic (exact) mass is 727 g/mol. The molecule has 57 heavy (non-hydrogen) atoms. The lowest BCUT2D eigenvalue weighted by Gasteiger charge is -2.13. The van der Waals surface area contributed by atoms with Gasteiger partial charge in [-0.1, -0.05) is 164 Å². The van der Waals surface area contributed by atoms with Gasteiger partial charge in [-0.25, -0.2) is 15.0 Å². The predicted molar refractivity (Wildman–Crippen MR) is 235 cm³/mol. The second-order valence-electron chi connectivity index (χ2n) is 14.4. The minimum Gasteiger partial charge on any atom is -0.455 e. The zero-order valence-electron chi connectivity index (χ0n) is 30.8. The summed E-state index contributed by atoms with van der Waals surface area (Å²) in [4.78, 5) is 15.7. The average molecular weight is 728 g/mol. The number of aromatic nitrogens is 3. The van der Waals surface area contributed by atoms with Crippen molar-refractivity contribution >= 4 is 43.6 Å². The molecule has 0 fully saturated rings. The average Bonchev–Trinajstić information content (AvgIpc) is 3.68. The lowest BCUT2D eigenvalue weighted by atomic mass is 9.97. The molecule has 0 amide bonds. The summed E-state index contributed by atoms with van der Waals surface area (Å²) in [5.41, 5.74) is 13.9. The van der Waals surface area contributed by atoms with Gasteiger partial charge in [-0.15, -0.1) is 0 Å². The van der Waals surface area contributed by atoms with Crippen LogP contribution in [0.4, 0.5) is 0 Å². The van der Waals surface area contributed by atoms with Gasteiger partial charge in [0.05, 0.1) is 22.6 Å². The van der Waals surface area contributed by atoms with E-state index >= 15 is 0 Å². The number of para-hydroxylation sites is 2. The Morgan fingerprint density at radius 3 is 1.60 bits per heavy atom. The molecule has 0 bridgehead atoms. The number of fused-ring (bicyclic) bond motifs is 7. The molecule has 0 saturated heterocycles. The van der Waals surface area contributed by atoms with Crippen molar-refractivity contribution in [3.8, 4) is 67.4 Å². The van der Waals surface area contributed by atoms with E-state index in [0.717, 1.165) is 105 Å². The van der Waals surface area contributed by atoms with E-state index in [1.165, 1.54) is 0 Å². The Morgan fingerprint density at radius 1 is 0.316 bits per heavy atom. The third kappa shape index (κ3) is 5.83. The van der Waals surface area contributed by atoms with E-state index < -0.39 is 0 Å². The van der Waals surface area contributed by atoms with Crippen molar-refractivity contribution in [1.29, 1.82) is 0 Å². The molecular formula is C53H33N3O. The number of nitrogens with zero attached hydrogens (tertiary/aromatic N) is 3. The standard InChI is InChI=1S/C53H33N3O/c1-3-13-34(14-4-1)38-17-11-19-40(31-38)48-33-47(55-53(56-48)41-20-12-18-39(32-41)35-15-5-2-6-16-35)36-25-27-37(28-26-36)51-45-30-29-43-42-21-8-10-24-49(42)57-52(43)50(45)44-22-7-9-23-46(44)54-51/h1-33H. The third-order valence-corrected chi connectivity index (χ3v) is 10.9. The first-order valence-electron chi connectivity index (χ1n) is 19.2. The van der Waals surface area contributed by atoms with Gasteiger partial charge in [0.1, 0.15) is 11.2 Å². The number of hydrogen-bond acceptors (Lipinski definition) is 4. The molecule has 4 nitrogen and oxygen atoms in total. The Hall–Kier alpha value is -7.69. The second-order valence-corrected chi connectivity index (χ2v) is 14.4. The Kier molecular flexibility index (Phi) is 7.78. The summed E-state index contributed by atoms with van der Waals surface area (Å²) in [6, 6.07) is 69.6. The number of pyridine rings is 1. The zero-order chi connectivity index (χ0) is 37.7. The molecule has 0 unspecified atom stereocenters. The molecule has 0 spiro atoms. The van der Waals surface area contributed by atoms with Crippen LogP contribution in [0, 0.1) is 0 Å². The van der Waals surface area contributed by atoms with Gasteiger partial charge in [0.2, 0.25) is 0 Å². The van der Waals surface area contributed by atoms with Crippen molar-refractivity contribution < 1.29 is 4.42 Å². The van der Waals surface area contributed by atoms with Gasteiger partial charge in [0.15, 0.2) is 5.82 Å². The van der Waals surface area contributed by atoms with Gasteiger partial charge >= 0.3 is 0 Å². The fraction of sp³-hybridized carbons (Fsp3) is 0. The van der Waals surface area contributed by atoms with Gasteiger partial charge in [0.25, 0.3) is 0 Å². The zero-order valence-corrected chi connectivity index (χ0v) is 30.8. The van der Waals surface area contributed by atoms with Crippen LogP contribution in [0.3, 0.4) is 0 Å². The quantitative estimate of drug-likeness (QED) is 0.160. The Morgan fingerprint density at radius 2 is 0.860 bits per heavy atom. The van der Waals surface area contributed by atoms with Crippen LogP contribution in [0.15, 0.2) is 205 Å². The van der Waals surface area contributed by atoms with E-state index in [2.05, 4.69) is 170 Å². The van der Waals surface area contributed by atoms with E-state index in [4.69, 9.17) is 19.4 Å². The maximum absolute atomic E-state index is 6.56. The molecule has 0 atom stereocenters. The van der Waals surface area contributed by atoms with Gasteiger partial charge in [-0.05, 0) is 58.7 Å². The SMILES string of the molecule is c1ccc(-c2cccc(-c3cc(-c4ccc(-c5nc6ccccc6c6c5ccc5c7ccccc7oc56)cc4)nc(-c4cccc(-c5ccccc5)c4)n3)c2)cc1. The Balaban J connectivity index is 1.05. The summed E-state index contributed by atoms with van der Waals surface area (Å²) < 4.78 is 6.56. The van der Waals surface area contributed by atoms with Crippen LogP contribution in [0.1, 0.15) is 0 Å². The molecule has 0 saturated carbocycles. The normalized spacial score (nSPS) is 11.5. The third-order valence-electron chi connectivity index (χ3n) is 10.9. The van der Waals surface area contributed by atoms with E-state index in [1.807, 2.05) is 30.3 Å². The molecule has 0 radical (unpaired) electrons. The van der Waals surface area contributed by atoms with Gasteiger partial charge in [-0.2, -0.15) is 0 Å². The molecule has 0 N–H and O–H groups in total. The lowest BCUT2D eigenvalue weighted by Crippen LogP contribution is -1.96. The van der Waals surface area contributed by atoms with Gasteiger partial charge in [-0.3, -0.25) is 0 Å². The van der Waals surface area contributed by atoms with Crippen molar-refractivity contribution in [3.63, 3.8) is 0 Å². The maximum Gasteiger partial charge on any atom is 0.160 e. The van der Waals surface area contributed by atoms with Crippen molar-refractivity contribution in [2.75, 3.05) is 0 Å². The molecule has 3 aromatic heterocycles. The number of furan rings is 1. The van der Waals surface area contributed by atoms with Crippen LogP contribution in [-0.4, -0.2) is 15.0 Å². The minimum absolute atomic E-state index is 0.673. The fourth-order valence-electron chi connectivity index (χ4n) is 8.06. The molecule has 11 rings (SSSR count). The van der Waals surface area contributed by atoms with Crippen molar-refractivity contribution in [1.82, 2.24) is 15.0 Å². The van der Waals surface area contributed by atoms with Crippen LogP contribution >= 0.6 is 0 Å². The highest BCUT2D eigenvalue weighted by Gasteiger charge is 2.18. The van der Waals surface area contributed by atoms with Crippen molar-refractivity contribution in [2.24, 2.45) is 0 Å². The van der Waals surface area contributed by atoms with Gasteiger partial charge in [0, 0.05) is 49.2 Å². The minimum atomic E-state index is 0.673. The molecular weight excluding hydrogens is 695 g/mol. The summed E-state index contributed by atoms with van der Waals surface area (Å²) in [6.45, 7) is 0. The summed E-state index contributed by atoms with van der Waals surface area (Å²) in [6.07, 6.45) is 0. The largest absolute Gasteiger partial charge is 0.455 e. The van der Waals surface area contributed by atoms with Crippen LogP contribution in [0.25, 0.3) is 111 Å². The van der Waals surface area contributed by atoms with E-state index in [9.17, 15) is 0 Å². The summed E-state index contributed by atoms with van der Waals surface area (Å²) in [7, 11) is 0. The van der Waals surface area contributed by atoms with E-state index in [0.29, 0.717) is 5.82 Å². The topological polar surface area (TPSA) is 51.8 Å². The highest BCUT2D eigenvalue weighted by atomic mass is 16.3.